The summed E-state index contributed by atoms with van der Waals surface area (Å²) < 4.78 is 5.64. The number of carboxylic acids is 1. The number of amides is 1. The van der Waals surface area contributed by atoms with Gasteiger partial charge in [0.05, 0.1) is 18.0 Å². The number of carbonyl (C=O) groups is 2. The fraction of sp³-hybridized carbons (Fsp3) is 0.286. The first kappa shape index (κ1) is 24.1. The van der Waals surface area contributed by atoms with Crippen molar-refractivity contribution in [1.82, 2.24) is 0 Å². The lowest BCUT2D eigenvalue weighted by molar-refractivity contribution is -0.137. The number of hydrogen-bond acceptors (Lipinski definition) is 3. The minimum absolute atomic E-state index is 0.215. The molecule has 3 aromatic rings. The molecule has 0 saturated carbocycles. The molecule has 0 radical (unpaired) electrons. The van der Waals surface area contributed by atoms with Gasteiger partial charge in [-0.05, 0) is 80.0 Å². The van der Waals surface area contributed by atoms with Crippen LogP contribution in [-0.4, -0.2) is 23.8 Å². The van der Waals surface area contributed by atoms with E-state index in [0.29, 0.717) is 13.0 Å². The molecule has 0 heterocycles. The summed E-state index contributed by atoms with van der Waals surface area (Å²) >= 11 is 0. The minimum atomic E-state index is -0.742. The van der Waals surface area contributed by atoms with Crippen molar-refractivity contribution in [3.8, 4) is 0 Å². The quantitative estimate of drug-likeness (QED) is 0.334. The van der Waals surface area contributed by atoms with E-state index in [2.05, 4.69) is 19.1 Å². The van der Waals surface area contributed by atoms with Gasteiger partial charge in [-0.15, -0.1) is 0 Å². The Bertz CT molecular complexity index is 995. The zero-order valence-electron chi connectivity index (χ0n) is 19.1. The van der Waals surface area contributed by atoms with Crippen LogP contribution >= 0.6 is 0 Å². The maximum atomic E-state index is 12.9. The highest BCUT2D eigenvalue weighted by Gasteiger charge is 2.19. The van der Waals surface area contributed by atoms with E-state index in [9.17, 15) is 9.59 Å². The monoisotopic (exact) mass is 445 g/mol. The van der Waals surface area contributed by atoms with Crippen molar-refractivity contribution in [2.24, 2.45) is 0 Å². The highest BCUT2D eigenvalue weighted by molar-refractivity contribution is 5.95. The molecule has 0 aliphatic heterocycles. The first-order valence-electron chi connectivity index (χ1n) is 11.4. The molecule has 0 unspecified atom stereocenters. The van der Waals surface area contributed by atoms with Gasteiger partial charge in [0.2, 0.25) is 0 Å². The molecule has 0 saturated heterocycles. The second-order valence-electron chi connectivity index (χ2n) is 8.03. The Balaban J connectivity index is 1.55. The van der Waals surface area contributed by atoms with E-state index in [1.54, 1.807) is 4.90 Å². The molecule has 5 nitrogen and oxygen atoms in total. The fourth-order valence-electron chi connectivity index (χ4n) is 3.87. The van der Waals surface area contributed by atoms with Gasteiger partial charge in [-0.25, -0.2) is 9.69 Å². The van der Waals surface area contributed by atoms with Gasteiger partial charge in [0.25, 0.3) is 0 Å². The number of aryl methyl sites for hydroxylation is 2. The third-order valence-corrected chi connectivity index (χ3v) is 5.67. The van der Waals surface area contributed by atoms with Gasteiger partial charge in [-0.3, -0.25) is 4.79 Å². The van der Waals surface area contributed by atoms with E-state index >= 15 is 0 Å². The summed E-state index contributed by atoms with van der Waals surface area (Å²) in [5, 5.41) is 8.79. The number of unbranched alkanes of at least 4 members (excludes halogenated alkanes) is 1. The van der Waals surface area contributed by atoms with Crippen molar-refractivity contribution in [3.05, 3.63) is 95.6 Å². The Morgan fingerprint density at radius 1 is 0.758 bits per heavy atom. The third-order valence-electron chi connectivity index (χ3n) is 5.67. The lowest BCUT2D eigenvalue weighted by atomic mass is 9.95. The van der Waals surface area contributed by atoms with Crippen molar-refractivity contribution in [2.75, 3.05) is 11.5 Å². The van der Waals surface area contributed by atoms with Crippen LogP contribution in [0.2, 0.25) is 0 Å². The Morgan fingerprint density at radius 3 is 1.85 bits per heavy atom. The molecule has 33 heavy (non-hydrogen) atoms. The normalized spacial score (nSPS) is 10.6. The molecule has 0 bridgehead atoms. The van der Waals surface area contributed by atoms with E-state index in [0.717, 1.165) is 37.1 Å². The van der Waals surface area contributed by atoms with Gasteiger partial charge in [0, 0.05) is 6.42 Å². The van der Waals surface area contributed by atoms with Crippen LogP contribution in [0, 0.1) is 6.92 Å². The number of aliphatic carboxylic acids is 1. The number of para-hydroxylation sites is 2. The van der Waals surface area contributed by atoms with Crippen molar-refractivity contribution in [3.63, 3.8) is 0 Å². The molecule has 5 heteroatoms. The number of ether oxygens (including phenoxy) is 1. The van der Waals surface area contributed by atoms with Crippen LogP contribution in [0.3, 0.4) is 0 Å². The molecule has 3 aromatic carbocycles. The highest BCUT2D eigenvalue weighted by atomic mass is 16.6. The number of carboxylic acid groups (broad SMARTS) is 1. The van der Waals surface area contributed by atoms with Crippen LogP contribution in [0.15, 0.2) is 78.9 Å². The molecule has 0 atom stereocenters. The SMILES string of the molecule is Cc1c(CCCCC(=O)O)cccc1CCCOC(=O)N(c1ccccc1)c1ccccc1. The molecular weight excluding hydrogens is 414 g/mol. The number of carbonyl (C=O) groups excluding carboxylic acids is 1. The van der Waals surface area contributed by atoms with Gasteiger partial charge in [-0.2, -0.15) is 0 Å². The van der Waals surface area contributed by atoms with Crippen LogP contribution in [0.1, 0.15) is 42.4 Å². The maximum absolute atomic E-state index is 12.9. The number of rotatable bonds is 11. The molecule has 172 valence electrons. The zero-order valence-corrected chi connectivity index (χ0v) is 19.1. The molecule has 0 aliphatic rings. The van der Waals surface area contributed by atoms with E-state index in [1.165, 1.54) is 16.7 Å². The van der Waals surface area contributed by atoms with Crippen LogP contribution in [0.25, 0.3) is 0 Å². The average molecular weight is 446 g/mol. The van der Waals surface area contributed by atoms with Gasteiger partial charge >= 0.3 is 12.1 Å². The zero-order chi connectivity index (χ0) is 23.5. The summed E-state index contributed by atoms with van der Waals surface area (Å²) in [6.07, 6.45) is 3.80. The standard InChI is InChI=1S/C28H31NO4/c1-22-23(12-8-9-20-27(30)31)13-10-14-24(22)15-11-21-33-28(32)29(25-16-4-2-5-17-25)26-18-6-3-7-19-26/h2-7,10,13-14,16-19H,8-9,11-12,15,20-21H2,1H3,(H,30,31). The van der Waals surface area contributed by atoms with Crippen molar-refractivity contribution < 1.29 is 19.4 Å². The predicted molar refractivity (Wildman–Crippen MR) is 131 cm³/mol. The summed E-state index contributed by atoms with van der Waals surface area (Å²) in [7, 11) is 0. The Kier molecular flexibility index (Phi) is 9.07. The summed E-state index contributed by atoms with van der Waals surface area (Å²) in [6.45, 7) is 2.44. The fourth-order valence-corrected chi connectivity index (χ4v) is 3.87. The second kappa shape index (κ2) is 12.4. The summed E-state index contributed by atoms with van der Waals surface area (Å²) in [4.78, 5) is 25.2. The molecule has 0 fully saturated rings. The number of anilines is 2. The van der Waals surface area contributed by atoms with Crippen LogP contribution in [-0.2, 0) is 22.4 Å². The maximum Gasteiger partial charge on any atom is 0.418 e. The van der Waals surface area contributed by atoms with Gasteiger partial charge in [0.15, 0.2) is 0 Å². The predicted octanol–water partition coefficient (Wildman–Crippen LogP) is 6.70. The number of nitrogens with zero attached hydrogens (tertiary/aromatic N) is 1. The molecular formula is C28H31NO4. The molecule has 0 aliphatic carbocycles. The molecule has 1 amide bonds. The van der Waals surface area contributed by atoms with Gasteiger partial charge in [-0.1, -0.05) is 54.6 Å². The molecule has 0 aromatic heterocycles. The van der Waals surface area contributed by atoms with E-state index in [-0.39, 0.29) is 6.42 Å². The Hall–Kier alpha value is -3.60. The van der Waals surface area contributed by atoms with Gasteiger partial charge in [0.1, 0.15) is 0 Å². The number of benzene rings is 3. The second-order valence-corrected chi connectivity index (χ2v) is 8.03. The van der Waals surface area contributed by atoms with Gasteiger partial charge < -0.3 is 9.84 Å². The summed E-state index contributed by atoms with van der Waals surface area (Å²) in [6, 6.07) is 25.3. The van der Waals surface area contributed by atoms with Crippen LogP contribution in [0.5, 0.6) is 0 Å². The first-order valence-corrected chi connectivity index (χ1v) is 11.4. The van der Waals surface area contributed by atoms with E-state index in [4.69, 9.17) is 9.84 Å². The first-order chi connectivity index (χ1) is 16.1. The summed E-state index contributed by atoms with van der Waals surface area (Å²) in [5.41, 5.74) is 5.27. The molecule has 0 spiro atoms. The van der Waals surface area contributed by atoms with E-state index in [1.807, 2.05) is 66.7 Å². The Morgan fingerprint density at radius 2 is 1.30 bits per heavy atom. The topological polar surface area (TPSA) is 66.8 Å². The lowest BCUT2D eigenvalue weighted by Crippen LogP contribution is -2.27. The van der Waals surface area contributed by atoms with Crippen molar-refractivity contribution in [2.45, 2.75) is 45.4 Å². The molecule has 3 rings (SSSR count). The minimum Gasteiger partial charge on any atom is -0.481 e. The largest absolute Gasteiger partial charge is 0.481 e. The van der Waals surface area contributed by atoms with E-state index < -0.39 is 12.1 Å². The summed E-state index contributed by atoms with van der Waals surface area (Å²) in [5.74, 6) is -0.742. The average Bonchev–Trinajstić information content (AvgIpc) is 2.83. The smallest absolute Gasteiger partial charge is 0.418 e. The highest BCUT2D eigenvalue weighted by Crippen LogP contribution is 2.26. The van der Waals surface area contributed by atoms with Crippen molar-refractivity contribution in [1.29, 1.82) is 0 Å². The number of hydrogen-bond donors (Lipinski definition) is 1. The lowest BCUT2D eigenvalue weighted by Gasteiger charge is -2.22. The molecule has 1 N–H and O–H groups in total. The Labute approximate surface area is 195 Å². The van der Waals surface area contributed by atoms with Crippen LogP contribution < -0.4 is 4.90 Å². The van der Waals surface area contributed by atoms with Crippen molar-refractivity contribution >= 4 is 23.4 Å². The third kappa shape index (κ3) is 7.21. The van der Waals surface area contributed by atoms with Crippen LogP contribution in [0.4, 0.5) is 16.2 Å².